The second-order valence-electron chi connectivity index (χ2n) is 2.90. The fourth-order valence-corrected chi connectivity index (χ4v) is 1.45. The Kier molecular flexibility index (Phi) is 1.61. The molecule has 0 amide bonds. The lowest BCUT2D eigenvalue weighted by atomic mass is 9.89. The highest BCUT2D eigenvalue weighted by molar-refractivity contribution is 6.39. The summed E-state index contributed by atoms with van der Waals surface area (Å²) in [6.45, 7) is 2.02. The molecule has 1 aromatic heterocycles. The second-order valence-corrected chi connectivity index (χ2v) is 2.90. The van der Waals surface area contributed by atoms with Crippen molar-refractivity contribution in [3.05, 3.63) is 36.2 Å². The molecule has 0 unspecified atom stereocenters. The van der Waals surface area contributed by atoms with E-state index in [-0.39, 0.29) is 0 Å². The van der Waals surface area contributed by atoms with Gasteiger partial charge in [0.05, 0.1) is 0 Å². The van der Waals surface area contributed by atoms with Crippen LogP contribution in [0.15, 0.2) is 30.6 Å². The molecule has 2 heteroatoms. The monoisotopic (exact) mass is 153 g/mol. The van der Waals surface area contributed by atoms with Gasteiger partial charge in [0.25, 0.3) is 0 Å². The van der Waals surface area contributed by atoms with E-state index in [1.54, 1.807) is 0 Å². The first kappa shape index (κ1) is 7.35. The number of aryl methyl sites for hydroxylation is 1. The highest BCUT2D eigenvalue weighted by Gasteiger charge is 1.98. The van der Waals surface area contributed by atoms with Crippen LogP contribution in [0.2, 0.25) is 0 Å². The number of benzene rings is 1. The average Bonchev–Trinajstić information content (AvgIpc) is 2.04. The van der Waals surface area contributed by atoms with Gasteiger partial charge >= 0.3 is 0 Å². The number of fused-ring (bicyclic) bond motifs is 1. The molecular weight excluding hydrogens is 145 g/mol. The van der Waals surface area contributed by atoms with Gasteiger partial charge in [0.2, 0.25) is 0 Å². The summed E-state index contributed by atoms with van der Waals surface area (Å²) in [5, 5.41) is 2.22. The summed E-state index contributed by atoms with van der Waals surface area (Å²) in [7, 11) is 5.83. The minimum atomic E-state index is 0.826. The molecule has 1 aromatic carbocycles. The Balaban J connectivity index is 2.96. The van der Waals surface area contributed by atoms with Crippen LogP contribution in [-0.4, -0.2) is 12.8 Å². The predicted molar refractivity (Wildman–Crippen MR) is 51.9 cm³/mol. The van der Waals surface area contributed by atoms with Gasteiger partial charge in [-0.3, -0.25) is 4.98 Å². The van der Waals surface area contributed by atoms with Crippen LogP contribution in [0, 0.1) is 6.92 Å². The largest absolute Gasteiger partial charge is 0.264 e. The summed E-state index contributed by atoms with van der Waals surface area (Å²) in [6.07, 6.45) is 3.66. The lowest BCUT2D eigenvalue weighted by Crippen LogP contribution is -2.04. The first-order chi connectivity index (χ1) is 5.79. The van der Waals surface area contributed by atoms with Crippen LogP contribution in [-0.2, 0) is 0 Å². The minimum Gasteiger partial charge on any atom is -0.264 e. The van der Waals surface area contributed by atoms with Gasteiger partial charge in [-0.15, -0.1) is 0 Å². The predicted octanol–water partition coefficient (Wildman–Crippen LogP) is 1.34. The maximum Gasteiger partial charge on any atom is 0.114 e. The van der Waals surface area contributed by atoms with E-state index in [4.69, 9.17) is 7.85 Å². The maximum absolute atomic E-state index is 5.83. The Morgan fingerprint density at radius 2 is 2.08 bits per heavy atom. The Labute approximate surface area is 72.8 Å². The average molecular weight is 153 g/mol. The van der Waals surface area contributed by atoms with Crippen molar-refractivity contribution in [1.29, 1.82) is 0 Å². The summed E-state index contributed by atoms with van der Waals surface area (Å²) in [4.78, 5) is 4.10. The van der Waals surface area contributed by atoms with Crippen molar-refractivity contribution in [3.63, 3.8) is 0 Å². The molecule has 0 saturated carbocycles. The fourth-order valence-electron chi connectivity index (χ4n) is 1.45. The molecule has 56 valence electrons. The molecule has 0 fully saturated rings. The zero-order valence-corrected chi connectivity index (χ0v) is 6.91. The van der Waals surface area contributed by atoms with Crippen LogP contribution >= 0.6 is 0 Å². The van der Waals surface area contributed by atoms with Gasteiger partial charge in [0.1, 0.15) is 7.85 Å². The van der Waals surface area contributed by atoms with Crippen LogP contribution in [0.3, 0.4) is 0 Å². The molecule has 12 heavy (non-hydrogen) atoms. The van der Waals surface area contributed by atoms with Gasteiger partial charge < -0.3 is 0 Å². The molecule has 0 aliphatic rings. The Bertz CT molecular complexity index is 386. The van der Waals surface area contributed by atoms with Crippen LogP contribution < -0.4 is 5.46 Å². The van der Waals surface area contributed by atoms with Gasteiger partial charge in [-0.2, -0.15) is 0 Å². The van der Waals surface area contributed by atoms with Crippen LogP contribution in [0.25, 0.3) is 10.8 Å². The van der Waals surface area contributed by atoms with Gasteiger partial charge in [-0.25, -0.2) is 0 Å². The smallest absolute Gasteiger partial charge is 0.114 e. The molecule has 2 radical (unpaired) electrons. The first-order valence-electron chi connectivity index (χ1n) is 3.88. The van der Waals surface area contributed by atoms with Crippen molar-refractivity contribution >= 4 is 24.1 Å². The van der Waals surface area contributed by atoms with Gasteiger partial charge in [-0.05, 0) is 23.3 Å². The molecule has 1 nitrogen and oxygen atoms in total. The Morgan fingerprint density at radius 3 is 2.83 bits per heavy atom. The van der Waals surface area contributed by atoms with E-state index in [0.29, 0.717) is 0 Å². The van der Waals surface area contributed by atoms with Crippen molar-refractivity contribution in [3.8, 4) is 0 Å². The molecule has 2 aromatic rings. The van der Waals surface area contributed by atoms with E-state index in [0.717, 1.165) is 21.8 Å². The number of rotatable bonds is 0. The number of hydrogen-bond donors (Lipinski definition) is 0. The molecule has 0 N–H and O–H groups in total. The SMILES string of the molecule is [B]c1cccc2cncc(C)c12. The lowest BCUT2D eigenvalue weighted by molar-refractivity contribution is 1.31. The molecule has 0 saturated heterocycles. The Morgan fingerprint density at radius 1 is 1.25 bits per heavy atom. The summed E-state index contributed by atoms with van der Waals surface area (Å²) in [5.74, 6) is 0. The van der Waals surface area contributed by atoms with Crippen LogP contribution in [0.1, 0.15) is 5.56 Å². The number of hydrogen-bond acceptors (Lipinski definition) is 1. The van der Waals surface area contributed by atoms with E-state index < -0.39 is 0 Å². The standard InChI is InChI=1S/C10H8BN/c1-7-5-12-6-8-3-2-4-9(11)10(7)8/h2-6H,1H3. The third kappa shape index (κ3) is 1.000. The molecule has 2 rings (SSSR count). The topological polar surface area (TPSA) is 12.9 Å². The van der Waals surface area contributed by atoms with Crippen LogP contribution in [0.5, 0.6) is 0 Å². The van der Waals surface area contributed by atoms with Gasteiger partial charge in [0.15, 0.2) is 0 Å². The summed E-state index contributed by atoms with van der Waals surface area (Å²) in [5.41, 5.74) is 1.96. The lowest BCUT2D eigenvalue weighted by Gasteiger charge is -2.03. The molecule has 0 bridgehead atoms. The van der Waals surface area contributed by atoms with Gasteiger partial charge in [0, 0.05) is 12.4 Å². The number of pyridine rings is 1. The van der Waals surface area contributed by atoms with Gasteiger partial charge in [-0.1, -0.05) is 23.7 Å². The molecule has 0 spiro atoms. The molecule has 0 aliphatic carbocycles. The van der Waals surface area contributed by atoms with Crippen LogP contribution in [0.4, 0.5) is 0 Å². The summed E-state index contributed by atoms with van der Waals surface area (Å²) < 4.78 is 0. The summed E-state index contributed by atoms with van der Waals surface area (Å²) in [6, 6.07) is 5.87. The van der Waals surface area contributed by atoms with E-state index in [1.165, 1.54) is 0 Å². The Hall–Kier alpha value is -1.31. The maximum atomic E-state index is 5.83. The quantitative estimate of drug-likeness (QED) is 0.520. The number of nitrogens with zero attached hydrogens (tertiary/aromatic N) is 1. The summed E-state index contributed by atoms with van der Waals surface area (Å²) >= 11 is 0. The third-order valence-electron chi connectivity index (χ3n) is 2.01. The number of aromatic nitrogens is 1. The van der Waals surface area contributed by atoms with Crippen molar-refractivity contribution in [2.24, 2.45) is 0 Å². The first-order valence-corrected chi connectivity index (χ1v) is 3.88. The minimum absolute atomic E-state index is 0.826. The zero-order valence-electron chi connectivity index (χ0n) is 6.91. The van der Waals surface area contributed by atoms with Crippen molar-refractivity contribution in [1.82, 2.24) is 4.98 Å². The van der Waals surface area contributed by atoms with Crippen molar-refractivity contribution in [2.75, 3.05) is 0 Å². The van der Waals surface area contributed by atoms with Crippen molar-refractivity contribution in [2.45, 2.75) is 6.92 Å². The van der Waals surface area contributed by atoms with Crippen molar-refractivity contribution < 1.29 is 0 Å². The van der Waals surface area contributed by atoms with E-state index in [9.17, 15) is 0 Å². The zero-order chi connectivity index (χ0) is 8.55. The molecule has 0 aliphatic heterocycles. The van der Waals surface area contributed by atoms with E-state index in [2.05, 4.69) is 4.98 Å². The third-order valence-corrected chi connectivity index (χ3v) is 2.01. The highest BCUT2D eigenvalue weighted by atomic mass is 14.6. The highest BCUT2D eigenvalue weighted by Crippen LogP contribution is 2.12. The van der Waals surface area contributed by atoms with E-state index in [1.807, 2.05) is 37.5 Å². The molecule has 1 heterocycles. The normalized spacial score (nSPS) is 10.4. The second kappa shape index (κ2) is 2.63. The van der Waals surface area contributed by atoms with E-state index >= 15 is 0 Å². The molecule has 0 atom stereocenters. The molecular formula is C10H8BN. The fraction of sp³-hybridized carbons (Fsp3) is 0.100.